The summed E-state index contributed by atoms with van der Waals surface area (Å²) in [5, 5.41) is 13.5. The van der Waals surface area contributed by atoms with E-state index in [9.17, 15) is 9.50 Å². The van der Waals surface area contributed by atoms with Gasteiger partial charge in [0.05, 0.1) is 12.6 Å². The van der Waals surface area contributed by atoms with E-state index in [2.05, 4.69) is 5.32 Å². The normalized spacial score (nSPS) is 12.2. The first kappa shape index (κ1) is 14.1. The molecule has 0 spiro atoms. The first-order valence-corrected chi connectivity index (χ1v) is 6.43. The molecule has 0 fully saturated rings. The molecule has 2 N–H and O–H groups in total. The fraction of sp³-hybridized carbons (Fsp3) is 0.143. The summed E-state index contributed by atoms with van der Waals surface area (Å²) < 4.78 is 13.0. The summed E-state index contributed by atoms with van der Waals surface area (Å²) in [5.41, 5.74) is 1.43. The molecule has 2 aromatic rings. The number of halogens is 3. The SMILES string of the molecule is OCC(Nc1ccc(Cl)cc1)c1ccc(F)cc1Cl. The molecular formula is C14H12Cl2FNO. The van der Waals surface area contributed by atoms with Gasteiger partial charge in [-0.05, 0) is 42.0 Å². The molecule has 2 rings (SSSR count). The lowest BCUT2D eigenvalue weighted by Gasteiger charge is -2.19. The number of nitrogens with one attached hydrogen (secondary N) is 1. The predicted octanol–water partition coefficient (Wildman–Crippen LogP) is 4.28. The van der Waals surface area contributed by atoms with Gasteiger partial charge < -0.3 is 10.4 Å². The second kappa shape index (κ2) is 6.24. The summed E-state index contributed by atoms with van der Waals surface area (Å²) in [5.74, 6) is -0.406. The Hall–Kier alpha value is -1.29. The highest BCUT2D eigenvalue weighted by Gasteiger charge is 2.14. The third-order valence-electron chi connectivity index (χ3n) is 2.71. The largest absolute Gasteiger partial charge is 0.394 e. The minimum absolute atomic E-state index is 0.159. The third-order valence-corrected chi connectivity index (χ3v) is 3.28. The van der Waals surface area contributed by atoms with Crippen molar-refractivity contribution in [3.8, 4) is 0 Å². The van der Waals surface area contributed by atoms with Crippen LogP contribution in [0.3, 0.4) is 0 Å². The molecule has 5 heteroatoms. The van der Waals surface area contributed by atoms with Gasteiger partial charge >= 0.3 is 0 Å². The Kier molecular flexibility index (Phi) is 4.64. The highest BCUT2D eigenvalue weighted by atomic mass is 35.5. The average Bonchev–Trinajstić information content (AvgIpc) is 2.39. The van der Waals surface area contributed by atoms with E-state index in [0.29, 0.717) is 10.6 Å². The second-order valence-electron chi connectivity index (χ2n) is 4.05. The second-order valence-corrected chi connectivity index (χ2v) is 4.90. The Labute approximate surface area is 120 Å². The molecule has 0 saturated carbocycles. The lowest BCUT2D eigenvalue weighted by molar-refractivity contribution is 0.276. The van der Waals surface area contributed by atoms with Crippen LogP contribution in [0, 0.1) is 5.82 Å². The van der Waals surface area contributed by atoms with Gasteiger partial charge in [-0.3, -0.25) is 0 Å². The van der Waals surface area contributed by atoms with E-state index in [-0.39, 0.29) is 11.6 Å². The highest BCUT2D eigenvalue weighted by molar-refractivity contribution is 6.31. The van der Waals surface area contributed by atoms with Gasteiger partial charge in [-0.25, -0.2) is 4.39 Å². The molecule has 0 heterocycles. The van der Waals surface area contributed by atoms with Crippen molar-refractivity contribution in [2.24, 2.45) is 0 Å². The van der Waals surface area contributed by atoms with Gasteiger partial charge in [0, 0.05) is 15.7 Å². The summed E-state index contributed by atoms with van der Waals surface area (Å²) >= 11 is 11.8. The standard InChI is InChI=1S/C14H12Cl2FNO/c15-9-1-4-11(5-2-9)18-14(8-19)12-6-3-10(17)7-13(12)16/h1-7,14,18-19H,8H2. The summed E-state index contributed by atoms with van der Waals surface area (Å²) in [6, 6.07) is 10.8. The lowest BCUT2D eigenvalue weighted by Crippen LogP contribution is -2.15. The molecule has 0 aliphatic rings. The zero-order valence-corrected chi connectivity index (χ0v) is 11.4. The van der Waals surface area contributed by atoms with Gasteiger partial charge in [0.15, 0.2) is 0 Å². The molecule has 0 amide bonds. The van der Waals surface area contributed by atoms with Crippen molar-refractivity contribution in [1.29, 1.82) is 0 Å². The van der Waals surface area contributed by atoms with Gasteiger partial charge in [0.25, 0.3) is 0 Å². The van der Waals surface area contributed by atoms with Crippen LogP contribution in [0.1, 0.15) is 11.6 Å². The van der Waals surface area contributed by atoms with E-state index >= 15 is 0 Å². The topological polar surface area (TPSA) is 32.3 Å². The van der Waals surface area contributed by atoms with Crippen LogP contribution in [0.4, 0.5) is 10.1 Å². The maximum atomic E-state index is 13.0. The van der Waals surface area contributed by atoms with Crippen molar-refractivity contribution < 1.29 is 9.50 Å². The van der Waals surface area contributed by atoms with E-state index in [1.807, 2.05) is 0 Å². The maximum absolute atomic E-state index is 13.0. The number of benzene rings is 2. The Morgan fingerprint density at radius 3 is 2.37 bits per heavy atom. The van der Waals surface area contributed by atoms with E-state index in [1.165, 1.54) is 12.1 Å². The average molecular weight is 300 g/mol. The predicted molar refractivity (Wildman–Crippen MR) is 76.3 cm³/mol. The van der Waals surface area contributed by atoms with Crippen LogP contribution in [0.15, 0.2) is 42.5 Å². The first-order valence-electron chi connectivity index (χ1n) is 5.68. The number of aliphatic hydroxyl groups is 1. The van der Waals surface area contributed by atoms with E-state index < -0.39 is 11.9 Å². The van der Waals surface area contributed by atoms with Crippen molar-refractivity contribution in [2.75, 3.05) is 11.9 Å². The van der Waals surface area contributed by atoms with E-state index in [0.717, 1.165) is 5.69 Å². The van der Waals surface area contributed by atoms with Crippen molar-refractivity contribution in [3.05, 3.63) is 63.9 Å². The van der Waals surface area contributed by atoms with Crippen molar-refractivity contribution >= 4 is 28.9 Å². The molecule has 2 nitrogen and oxygen atoms in total. The lowest BCUT2D eigenvalue weighted by atomic mass is 10.1. The number of anilines is 1. The Bertz CT molecular complexity index is 560. The van der Waals surface area contributed by atoms with Crippen LogP contribution >= 0.6 is 23.2 Å². The number of hydrogen-bond donors (Lipinski definition) is 2. The molecule has 19 heavy (non-hydrogen) atoms. The van der Waals surface area contributed by atoms with Crippen LogP contribution in [-0.2, 0) is 0 Å². The van der Waals surface area contributed by atoms with Gasteiger partial charge in [0.1, 0.15) is 5.82 Å². The molecule has 1 unspecified atom stereocenters. The molecule has 0 aliphatic carbocycles. The summed E-state index contributed by atoms with van der Waals surface area (Å²) in [7, 11) is 0. The van der Waals surface area contributed by atoms with E-state index in [1.54, 1.807) is 30.3 Å². The number of rotatable bonds is 4. The van der Waals surface area contributed by atoms with Crippen molar-refractivity contribution in [3.63, 3.8) is 0 Å². The first-order chi connectivity index (χ1) is 9.10. The molecule has 100 valence electrons. The molecule has 0 bridgehead atoms. The fourth-order valence-electron chi connectivity index (χ4n) is 1.75. The molecule has 0 aromatic heterocycles. The zero-order valence-electron chi connectivity index (χ0n) is 9.91. The minimum atomic E-state index is -0.408. The quantitative estimate of drug-likeness (QED) is 0.883. The number of aliphatic hydroxyl groups excluding tert-OH is 1. The zero-order chi connectivity index (χ0) is 13.8. The van der Waals surface area contributed by atoms with Crippen LogP contribution in [0.2, 0.25) is 10.0 Å². The molecule has 0 saturated heterocycles. The van der Waals surface area contributed by atoms with Crippen LogP contribution in [0.25, 0.3) is 0 Å². The highest BCUT2D eigenvalue weighted by Crippen LogP contribution is 2.27. The van der Waals surface area contributed by atoms with Crippen molar-refractivity contribution in [2.45, 2.75) is 6.04 Å². The Balaban J connectivity index is 2.22. The third kappa shape index (κ3) is 3.60. The molecular weight excluding hydrogens is 288 g/mol. The smallest absolute Gasteiger partial charge is 0.124 e. The van der Waals surface area contributed by atoms with Crippen LogP contribution in [0.5, 0.6) is 0 Å². The molecule has 1 atom stereocenters. The van der Waals surface area contributed by atoms with Gasteiger partial charge in [-0.15, -0.1) is 0 Å². The van der Waals surface area contributed by atoms with Gasteiger partial charge in [-0.2, -0.15) is 0 Å². The van der Waals surface area contributed by atoms with Gasteiger partial charge in [0.2, 0.25) is 0 Å². The van der Waals surface area contributed by atoms with Crippen molar-refractivity contribution in [1.82, 2.24) is 0 Å². The monoisotopic (exact) mass is 299 g/mol. The maximum Gasteiger partial charge on any atom is 0.124 e. The molecule has 2 aromatic carbocycles. The summed E-state index contributed by atoms with van der Waals surface area (Å²) in [6.45, 7) is -0.159. The Morgan fingerprint density at radius 1 is 1.11 bits per heavy atom. The summed E-state index contributed by atoms with van der Waals surface area (Å²) in [4.78, 5) is 0. The molecule has 0 aliphatic heterocycles. The van der Waals surface area contributed by atoms with E-state index in [4.69, 9.17) is 23.2 Å². The van der Waals surface area contributed by atoms with Gasteiger partial charge in [-0.1, -0.05) is 29.3 Å². The minimum Gasteiger partial charge on any atom is -0.394 e. The number of hydrogen-bond acceptors (Lipinski definition) is 2. The van der Waals surface area contributed by atoms with Crippen LogP contribution < -0.4 is 5.32 Å². The summed E-state index contributed by atoms with van der Waals surface area (Å²) in [6.07, 6.45) is 0. The molecule has 0 radical (unpaired) electrons. The fourth-order valence-corrected chi connectivity index (χ4v) is 2.18. The Morgan fingerprint density at radius 2 is 1.79 bits per heavy atom. The van der Waals surface area contributed by atoms with Crippen LogP contribution in [-0.4, -0.2) is 11.7 Å².